The van der Waals surface area contributed by atoms with E-state index in [-0.39, 0.29) is 12.4 Å². The summed E-state index contributed by atoms with van der Waals surface area (Å²) in [7, 11) is 0. The molecule has 0 saturated heterocycles. The minimum atomic E-state index is 0. The molecule has 0 bridgehead atoms. The summed E-state index contributed by atoms with van der Waals surface area (Å²) in [6.45, 7) is 5.07. The maximum atomic E-state index is 5.69. The van der Waals surface area contributed by atoms with Gasteiger partial charge in [-0.15, -0.1) is 12.4 Å². The standard InChI is InChI=1S/C12H17N3.ClH/c1-8-3-4-9(2)10(7-8)11-5-6-14-12(13)15-11;/h3-4,7,11H,5-6H2,1-2H3,(H3,13,14,15);1H. The molecule has 0 amide bonds. The van der Waals surface area contributed by atoms with Crippen LogP contribution in [0.25, 0.3) is 0 Å². The lowest BCUT2D eigenvalue weighted by molar-refractivity contribution is 0.566. The van der Waals surface area contributed by atoms with Crippen molar-refractivity contribution in [1.29, 1.82) is 0 Å². The van der Waals surface area contributed by atoms with Gasteiger partial charge in [-0.1, -0.05) is 23.8 Å². The Kier molecular flexibility index (Phi) is 4.19. The Labute approximate surface area is 103 Å². The maximum absolute atomic E-state index is 5.69. The van der Waals surface area contributed by atoms with Crippen molar-refractivity contribution in [3.63, 3.8) is 0 Å². The van der Waals surface area contributed by atoms with E-state index >= 15 is 0 Å². The minimum absolute atomic E-state index is 0. The number of rotatable bonds is 1. The molecular formula is C12H18ClN3. The Morgan fingerprint density at radius 1 is 1.38 bits per heavy atom. The first kappa shape index (κ1) is 12.8. The van der Waals surface area contributed by atoms with Crippen LogP contribution in [-0.4, -0.2) is 12.5 Å². The average Bonchev–Trinajstić information content (AvgIpc) is 2.22. The number of aryl methyl sites for hydroxylation is 2. The zero-order valence-electron chi connectivity index (χ0n) is 9.66. The van der Waals surface area contributed by atoms with Gasteiger partial charge in [0.25, 0.3) is 0 Å². The molecule has 4 heteroatoms. The van der Waals surface area contributed by atoms with Crippen LogP contribution in [0.15, 0.2) is 23.2 Å². The second-order valence-corrected chi connectivity index (χ2v) is 4.11. The topological polar surface area (TPSA) is 50.4 Å². The van der Waals surface area contributed by atoms with Gasteiger partial charge in [0, 0.05) is 6.54 Å². The molecule has 1 aliphatic rings. The van der Waals surface area contributed by atoms with Gasteiger partial charge in [0.05, 0.1) is 6.04 Å². The number of guanidine groups is 1. The largest absolute Gasteiger partial charge is 0.370 e. The highest BCUT2D eigenvalue weighted by Crippen LogP contribution is 2.23. The molecule has 3 nitrogen and oxygen atoms in total. The molecule has 0 radical (unpaired) electrons. The predicted molar refractivity (Wildman–Crippen MR) is 70.1 cm³/mol. The molecule has 1 heterocycles. The van der Waals surface area contributed by atoms with E-state index in [9.17, 15) is 0 Å². The van der Waals surface area contributed by atoms with Crippen LogP contribution >= 0.6 is 12.4 Å². The summed E-state index contributed by atoms with van der Waals surface area (Å²) in [4.78, 5) is 4.14. The van der Waals surface area contributed by atoms with Gasteiger partial charge in [-0.2, -0.15) is 0 Å². The number of nitrogens with two attached hydrogens (primary N) is 1. The molecule has 2 rings (SSSR count). The highest BCUT2D eigenvalue weighted by molar-refractivity contribution is 5.85. The number of hydrogen-bond donors (Lipinski definition) is 2. The molecule has 1 aliphatic heterocycles. The van der Waals surface area contributed by atoms with Crippen molar-refractivity contribution in [2.24, 2.45) is 10.7 Å². The van der Waals surface area contributed by atoms with E-state index in [1.165, 1.54) is 16.7 Å². The molecule has 0 fully saturated rings. The van der Waals surface area contributed by atoms with Crippen LogP contribution in [0.5, 0.6) is 0 Å². The van der Waals surface area contributed by atoms with Crippen LogP contribution in [-0.2, 0) is 0 Å². The highest BCUT2D eigenvalue weighted by Gasteiger charge is 2.17. The Bertz CT molecular complexity index is 401. The quantitative estimate of drug-likeness (QED) is 0.789. The summed E-state index contributed by atoms with van der Waals surface area (Å²) >= 11 is 0. The van der Waals surface area contributed by atoms with Crippen molar-refractivity contribution in [2.45, 2.75) is 26.3 Å². The number of halogens is 1. The van der Waals surface area contributed by atoms with E-state index in [1.807, 2.05) is 0 Å². The predicted octanol–water partition coefficient (Wildman–Crippen LogP) is 2.07. The number of hydrogen-bond acceptors (Lipinski definition) is 3. The number of aliphatic imine (C=N–C) groups is 1. The fourth-order valence-electron chi connectivity index (χ4n) is 1.98. The van der Waals surface area contributed by atoms with Crippen molar-refractivity contribution in [3.05, 3.63) is 34.9 Å². The van der Waals surface area contributed by atoms with Crippen LogP contribution < -0.4 is 11.1 Å². The van der Waals surface area contributed by atoms with Crippen molar-refractivity contribution < 1.29 is 0 Å². The van der Waals surface area contributed by atoms with Crippen molar-refractivity contribution in [1.82, 2.24) is 5.32 Å². The molecule has 3 N–H and O–H groups in total. The average molecular weight is 240 g/mol. The Morgan fingerprint density at radius 3 is 2.81 bits per heavy atom. The van der Waals surface area contributed by atoms with Gasteiger partial charge >= 0.3 is 0 Å². The zero-order chi connectivity index (χ0) is 10.8. The first-order chi connectivity index (χ1) is 7.16. The van der Waals surface area contributed by atoms with Crippen LogP contribution in [0.1, 0.15) is 29.2 Å². The van der Waals surface area contributed by atoms with Crippen LogP contribution in [0.2, 0.25) is 0 Å². The maximum Gasteiger partial charge on any atom is 0.189 e. The monoisotopic (exact) mass is 239 g/mol. The second kappa shape index (κ2) is 5.21. The first-order valence-electron chi connectivity index (χ1n) is 5.30. The molecule has 0 spiro atoms. The van der Waals surface area contributed by atoms with Gasteiger partial charge in [0.15, 0.2) is 5.96 Å². The van der Waals surface area contributed by atoms with Crippen molar-refractivity contribution in [2.75, 3.05) is 6.54 Å². The van der Waals surface area contributed by atoms with Crippen LogP contribution in [0, 0.1) is 13.8 Å². The SMILES string of the molecule is Cc1ccc(C)c(C2CCN=C(N)N2)c1.Cl. The zero-order valence-corrected chi connectivity index (χ0v) is 10.5. The van der Waals surface area contributed by atoms with Gasteiger partial charge in [-0.3, -0.25) is 4.99 Å². The third-order valence-electron chi connectivity index (χ3n) is 2.83. The van der Waals surface area contributed by atoms with Gasteiger partial charge < -0.3 is 11.1 Å². The molecule has 16 heavy (non-hydrogen) atoms. The smallest absolute Gasteiger partial charge is 0.189 e. The number of benzene rings is 1. The summed E-state index contributed by atoms with van der Waals surface area (Å²) in [6.07, 6.45) is 1.02. The minimum Gasteiger partial charge on any atom is -0.370 e. The molecule has 0 aliphatic carbocycles. The summed E-state index contributed by atoms with van der Waals surface area (Å²) in [6, 6.07) is 6.85. The molecule has 88 valence electrons. The van der Waals surface area contributed by atoms with E-state index in [0.717, 1.165) is 13.0 Å². The van der Waals surface area contributed by atoms with E-state index in [4.69, 9.17) is 5.73 Å². The normalized spacial score (nSPS) is 19.4. The molecular weight excluding hydrogens is 222 g/mol. The molecule has 1 aromatic rings. The van der Waals surface area contributed by atoms with Crippen molar-refractivity contribution in [3.8, 4) is 0 Å². The third kappa shape index (κ3) is 2.67. The molecule has 0 saturated carbocycles. The molecule has 1 unspecified atom stereocenters. The summed E-state index contributed by atoms with van der Waals surface area (Å²) < 4.78 is 0. The van der Waals surface area contributed by atoms with Gasteiger partial charge in [0.2, 0.25) is 0 Å². The lowest BCUT2D eigenvalue weighted by atomic mass is 9.96. The molecule has 1 atom stereocenters. The summed E-state index contributed by atoms with van der Waals surface area (Å²) in [5, 5.41) is 3.23. The Balaban J connectivity index is 0.00000128. The van der Waals surface area contributed by atoms with Crippen LogP contribution in [0.4, 0.5) is 0 Å². The fraction of sp³-hybridized carbons (Fsp3) is 0.417. The molecule has 1 aromatic carbocycles. The highest BCUT2D eigenvalue weighted by atomic mass is 35.5. The molecule has 0 aromatic heterocycles. The van der Waals surface area contributed by atoms with Crippen molar-refractivity contribution >= 4 is 18.4 Å². The van der Waals surface area contributed by atoms with Crippen LogP contribution in [0.3, 0.4) is 0 Å². The van der Waals surface area contributed by atoms with Gasteiger partial charge in [-0.05, 0) is 31.4 Å². The van der Waals surface area contributed by atoms with E-state index in [1.54, 1.807) is 0 Å². The van der Waals surface area contributed by atoms with E-state index in [0.29, 0.717) is 12.0 Å². The number of nitrogens with one attached hydrogen (secondary N) is 1. The summed E-state index contributed by atoms with van der Waals surface area (Å²) in [5.74, 6) is 0.562. The van der Waals surface area contributed by atoms with E-state index in [2.05, 4.69) is 42.4 Å². The van der Waals surface area contributed by atoms with Gasteiger partial charge in [-0.25, -0.2) is 0 Å². The Morgan fingerprint density at radius 2 is 2.12 bits per heavy atom. The Hall–Kier alpha value is -1.22. The third-order valence-corrected chi connectivity index (χ3v) is 2.83. The number of nitrogens with zero attached hydrogens (tertiary/aromatic N) is 1. The lowest BCUT2D eigenvalue weighted by Crippen LogP contribution is -2.38. The fourth-order valence-corrected chi connectivity index (χ4v) is 1.98. The van der Waals surface area contributed by atoms with E-state index < -0.39 is 0 Å². The first-order valence-corrected chi connectivity index (χ1v) is 5.30. The summed E-state index contributed by atoms with van der Waals surface area (Å²) in [5.41, 5.74) is 9.63. The second-order valence-electron chi connectivity index (χ2n) is 4.11. The van der Waals surface area contributed by atoms with Gasteiger partial charge in [0.1, 0.15) is 0 Å². The lowest BCUT2D eigenvalue weighted by Gasteiger charge is -2.24.